The maximum Gasteiger partial charge on any atom is 0.232 e. The molecule has 0 saturated carbocycles. The van der Waals surface area contributed by atoms with E-state index >= 15 is 0 Å². The molecule has 1 aromatic carbocycles. The summed E-state index contributed by atoms with van der Waals surface area (Å²) in [4.78, 5) is 11.3. The second-order valence-corrected chi connectivity index (χ2v) is 3.89. The maximum atomic E-state index is 13.9. The van der Waals surface area contributed by atoms with Crippen molar-refractivity contribution in [2.45, 2.75) is 6.92 Å². The molecule has 0 aliphatic heterocycles. The van der Waals surface area contributed by atoms with E-state index in [4.69, 9.17) is 16.4 Å². The standard InChI is InChI=1S/C11H12FN7O/c1-5-3-2-4-6(7(5)12)15-11-17-9(8(13)19-20)16-10(14)18-11/h2-4,20H,1H3,(H2,13,19)(H3,14,15,16,17,18). The van der Waals surface area contributed by atoms with Crippen molar-refractivity contribution in [3.8, 4) is 0 Å². The van der Waals surface area contributed by atoms with Gasteiger partial charge in [0, 0.05) is 0 Å². The summed E-state index contributed by atoms with van der Waals surface area (Å²) >= 11 is 0. The number of amidine groups is 1. The Morgan fingerprint density at radius 3 is 2.80 bits per heavy atom. The number of hydroxylamine groups is 1. The lowest BCUT2D eigenvalue weighted by Crippen LogP contribution is -2.23. The average Bonchev–Trinajstić information content (AvgIpc) is 2.42. The number of hydrogen-bond donors (Lipinski definition) is 5. The third-order valence-electron chi connectivity index (χ3n) is 2.43. The third kappa shape index (κ3) is 2.78. The highest BCUT2D eigenvalue weighted by Crippen LogP contribution is 2.20. The zero-order chi connectivity index (χ0) is 14.7. The third-order valence-corrected chi connectivity index (χ3v) is 2.43. The van der Waals surface area contributed by atoms with Gasteiger partial charge in [0.25, 0.3) is 0 Å². The molecule has 0 aliphatic rings. The molecule has 0 fully saturated rings. The highest BCUT2D eigenvalue weighted by molar-refractivity contribution is 5.92. The highest BCUT2D eigenvalue weighted by atomic mass is 19.1. The fourth-order valence-corrected chi connectivity index (χ4v) is 1.47. The smallest absolute Gasteiger partial charge is 0.232 e. The van der Waals surface area contributed by atoms with Crippen LogP contribution in [0.3, 0.4) is 0 Å². The van der Waals surface area contributed by atoms with Crippen molar-refractivity contribution in [1.82, 2.24) is 20.4 Å². The lowest BCUT2D eigenvalue weighted by Gasteiger charge is -2.09. The monoisotopic (exact) mass is 277 g/mol. The molecule has 6 N–H and O–H groups in total. The molecule has 0 unspecified atom stereocenters. The normalized spacial score (nSPS) is 10.2. The van der Waals surface area contributed by atoms with E-state index in [0.717, 1.165) is 0 Å². The largest absolute Gasteiger partial charge is 0.368 e. The van der Waals surface area contributed by atoms with E-state index in [0.29, 0.717) is 5.56 Å². The Morgan fingerprint density at radius 1 is 1.35 bits per heavy atom. The molecule has 0 amide bonds. The second kappa shape index (κ2) is 5.45. The van der Waals surface area contributed by atoms with Gasteiger partial charge >= 0.3 is 0 Å². The van der Waals surface area contributed by atoms with Crippen molar-refractivity contribution in [2.75, 3.05) is 11.1 Å². The molecule has 0 aliphatic carbocycles. The summed E-state index contributed by atoms with van der Waals surface area (Å²) in [6.07, 6.45) is 0. The first-order valence-corrected chi connectivity index (χ1v) is 5.54. The van der Waals surface area contributed by atoms with E-state index in [1.807, 2.05) is 0 Å². The zero-order valence-corrected chi connectivity index (χ0v) is 10.5. The highest BCUT2D eigenvalue weighted by Gasteiger charge is 2.11. The van der Waals surface area contributed by atoms with Gasteiger partial charge in [-0.1, -0.05) is 12.1 Å². The van der Waals surface area contributed by atoms with Crippen LogP contribution in [0.25, 0.3) is 0 Å². The molecule has 0 atom stereocenters. The number of nitrogen functional groups attached to an aromatic ring is 1. The summed E-state index contributed by atoms with van der Waals surface area (Å²) in [7, 11) is 0. The maximum absolute atomic E-state index is 13.9. The minimum Gasteiger partial charge on any atom is -0.368 e. The second-order valence-electron chi connectivity index (χ2n) is 3.89. The van der Waals surface area contributed by atoms with Crippen molar-refractivity contribution in [3.05, 3.63) is 35.4 Å². The van der Waals surface area contributed by atoms with Gasteiger partial charge in [0.2, 0.25) is 17.7 Å². The molecule has 0 bridgehead atoms. The Kier molecular flexibility index (Phi) is 3.71. The van der Waals surface area contributed by atoms with Crippen LogP contribution in [-0.2, 0) is 0 Å². The van der Waals surface area contributed by atoms with Crippen LogP contribution >= 0.6 is 0 Å². The molecule has 2 rings (SSSR count). The lowest BCUT2D eigenvalue weighted by atomic mass is 10.2. The predicted octanol–water partition coefficient (Wildman–Crippen LogP) is 0.949. The Labute approximate surface area is 113 Å². The summed E-state index contributed by atoms with van der Waals surface area (Å²) in [5, 5.41) is 18.7. The van der Waals surface area contributed by atoms with Gasteiger partial charge < -0.3 is 11.1 Å². The Balaban J connectivity index is 2.36. The Bertz CT molecular complexity index is 661. The summed E-state index contributed by atoms with van der Waals surface area (Å²) in [5.74, 6) is -1.26. The van der Waals surface area contributed by atoms with Crippen molar-refractivity contribution < 1.29 is 9.60 Å². The van der Waals surface area contributed by atoms with Crippen LogP contribution in [0, 0.1) is 18.2 Å². The summed E-state index contributed by atoms with van der Waals surface area (Å²) < 4.78 is 13.9. The van der Waals surface area contributed by atoms with E-state index in [1.165, 1.54) is 6.07 Å². The van der Waals surface area contributed by atoms with Crippen LogP contribution in [0.2, 0.25) is 0 Å². The van der Waals surface area contributed by atoms with Gasteiger partial charge in [0.05, 0.1) is 5.69 Å². The molecule has 9 heteroatoms. The number of aromatic nitrogens is 3. The van der Waals surface area contributed by atoms with E-state index in [2.05, 4.69) is 20.3 Å². The number of nitrogens with two attached hydrogens (primary N) is 1. The SMILES string of the molecule is Cc1cccc(Nc2nc(N)nc(C(=N)NO)n2)c1F. The molecule has 0 spiro atoms. The van der Waals surface area contributed by atoms with E-state index in [1.54, 1.807) is 24.5 Å². The van der Waals surface area contributed by atoms with Gasteiger partial charge in [0.15, 0.2) is 5.84 Å². The van der Waals surface area contributed by atoms with Crippen LogP contribution in [-0.4, -0.2) is 26.0 Å². The number of aryl methyl sites for hydroxylation is 1. The molecule has 0 radical (unpaired) electrons. The molecule has 8 nitrogen and oxygen atoms in total. The van der Waals surface area contributed by atoms with Gasteiger partial charge in [0.1, 0.15) is 5.82 Å². The number of benzene rings is 1. The molecule has 20 heavy (non-hydrogen) atoms. The molecular formula is C11H12FN7O. The molecule has 1 aromatic heterocycles. The van der Waals surface area contributed by atoms with E-state index in [-0.39, 0.29) is 23.4 Å². The fraction of sp³-hybridized carbons (Fsp3) is 0.0909. The van der Waals surface area contributed by atoms with Gasteiger partial charge in [-0.05, 0) is 18.6 Å². The van der Waals surface area contributed by atoms with Crippen molar-refractivity contribution in [2.24, 2.45) is 0 Å². The topological polar surface area (TPSA) is 133 Å². The van der Waals surface area contributed by atoms with Crippen LogP contribution in [0.1, 0.15) is 11.4 Å². The van der Waals surface area contributed by atoms with Crippen molar-refractivity contribution in [1.29, 1.82) is 5.41 Å². The molecule has 2 aromatic rings. The van der Waals surface area contributed by atoms with Crippen molar-refractivity contribution in [3.63, 3.8) is 0 Å². The average molecular weight is 277 g/mol. The van der Waals surface area contributed by atoms with Gasteiger partial charge in [-0.25, -0.2) is 9.87 Å². The predicted molar refractivity (Wildman–Crippen MR) is 70.4 cm³/mol. The first-order valence-electron chi connectivity index (χ1n) is 5.54. The van der Waals surface area contributed by atoms with E-state index in [9.17, 15) is 4.39 Å². The van der Waals surface area contributed by atoms with Crippen LogP contribution in [0.15, 0.2) is 18.2 Å². The number of rotatable bonds is 3. The summed E-state index contributed by atoms with van der Waals surface area (Å²) in [6, 6.07) is 4.81. The Hall–Kier alpha value is -2.81. The minimum atomic E-state index is -0.452. The number of halogens is 1. The number of nitrogens with zero attached hydrogens (tertiary/aromatic N) is 3. The van der Waals surface area contributed by atoms with Gasteiger partial charge in [-0.3, -0.25) is 10.6 Å². The molecule has 1 heterocycles. The first kappa shape index (κ1) is 13.6. The molecular weight excluding hydrogens is 265 g/mol. The van der Waals surface area contributed by atoms with Gasteiger partial charge in [-0.2, -0.15) is 15.0 Å². The van der Waals surface area contributed by atoms with E-state index < -0.39 is 11.7 Å². The minimum absolute atomic E-state index is 0.0306. The number of anilines is 3. The molecule has 104 valence electrons. The quantitative estimate of drug-likeness (QED) is 0.320. The summed E-state index contributed by atoms with van der Waals surface area (Å²) in [6.45, 7) is 1.62. The van der Waals surface area contributed by atoms with Crippen LogP contribution in [0.4, 0.5) is 22.0 Å². The number of hydrogen-bond acceptors (Lipinski definition) is 7. The summed E-state index contributed by atoms with van der Waals surface area (Å²) in [5.41, 5.74) is 7.70. The van der Waals surface area contributed by atoms with Crippen LogP contribution in [0.5, 0.6) is 0 Å². The van der Waals surface area contributed by atoms with Crippen LogP contribution < -0.4 is 16.5 Å². The number of nitrogens with one attached hydrogen (secondary N) is 3. The Morgan fingerprint density at radius 2 is 2.10 bits per heavy atom. The first-order chi connectivity index (χ1) is 9.51. The van der Waals surface area contributed by atoms with Gasteiger partial charge in [-0.15, -0.1) is 0 Å². The molecule has 0 saturated heterocycles. The zero-order valence-electron chi connectivity index (χ0n) is 10.5. The van der Waals surface area contributed by atoms with Crippen molar-refractivity contribution >= 4 is 23.4 Å². The fourth-order valence-electron chi connectivity index (χ4n) is 1.47. The lowest BCUT2D eigenvalue weighted by molar-refractivity contribution is 0.233.